The van der Waals surface area contributed by atoms with Crippen molar-refractivity contribution in [2.45, 2.75) is 18.4 Å². The van der Waals surface area contributed by atoms with Crippen LogP contribution in [0.5, 0.6) is 0 Å². The Bertz CT molecular complexity index is 371. The van der Waals surface area contributed by atoms with E-state index in [1.807, 2.05) is 0 Å². The maximum atomic E-state index is 11.1. The molecule has 0 aromatic carbocycles. The smallest absolute Gasteiger partial charge is 0.340 e. The van der Waals surface area contributed by atoms with Crippen molar-refractivity contribution in [3.63, 3.8) is 0 Å². The third-order valence-corrected chi connectivity index (χ3v) is 1.83. The summed E-state index contributed by atoms with van der Waals surface area (Å²) in [5, 5.41) is 25.7. The Morgan fingerprint density at radius 3 is 1.89 bits per heavy atom. The number of hydrogen-bond donors (Lipinski definition) is 4. The molecular weight excluding hydrogens is 309 g/mol. The average molecular weight is 320 g/mol. The summed E-state index contributed by atoms with van der Waals surface area (Å²) in [5.41, 5.74) is 2.11. The molecule has 0 fully saturated rings. The Hall–Kier alpha value is -1.52. The number of nitrogens with two attached hydrogens (primary N) is 1. The van der Waals surface area contributed by atoms with E-state index in [0.717, 1.165) is 0 Å². The summed E-state index contributed by atoms with van der Waals surface area (Å²) in [6.07, 6.45) is -2.37. The molecule has 0 heterocycles. The number of carbonyl (C=O) groups excluding carboxylic acids is 2. The van der Waals surface area contributed by atoms with Crippen LogP contribution in [0.1, 0.15) is 12.8 Å². The Morgan fingerprint density at radius 1 is 1.05 bits per heavy atom. The van der Waals surface area contributed by atoms with Crippen molar-refractivity contribution in [3.05, 3.63) is 0 Å². The normalized spacial score (nSPS) is 12.7. The van der Waals surface area contributed by atoms with Gasteiger partial charge in [0.05, 0.1) is 19.4 Å². The van der Waals surface area contributed by atoms with Crippen molar-refractivity contribution in [3.8, 4) is 0 Å². The predicted molar refractivity (Wildman–Crippen MR) is 51.1 cm³/mol. The number of carboxylic acid groups (broad SMARTS) is 2. The van der Waals surface area contributed by atoms with Gasteiger partial charge < -0.3 is 20.7 Å². The molecular formula is C8H11MnNO9. The average Bonchev–Trinajstić information content (AvgIpc) is 2.26. The van der Waals surface area contributed by atoms with E-state index in [4.69, 9.17) is 21.2 Å². The number of carboxylic acids is 2. The fourth-order valence-electron chi connectivity index (χ4n) is 0.999. The number of rotatable bonds is 7. The van der Waals surface area contributed by atoms with Crippen molar-refractivity contribution in [1.29, 1.82) is 0 Å². The zero-order valence-electron chi connectivity index (χ0n) is 9.37. The van der Waals surface area contributed by atoms with Crippen LogP contribution < -0.4 is 5.73 Å². The molecule has 0 amide bonds. The molecule has 1 atom stereocenters. The minimum absolute atomic E-state index is 0. The second-order valence-electron chi connectivity index (χ2n) is 3.19. The summed E-state index contributed by atoms with van der Waals surface area (Å²) in [6, 6.07) is 0. The quantitative estimate of drug-likeness (QED) is 0.138. The zero-order valence-corrected chi connectivity index (χ0v) is 10.5. The van der Waals surface area contributed by atoms with Crippen LogP contribution in [0.3, 0.4) is 0 Å². The first-order valence-corrected chi connectivity index (χ1v) is 4.48. The van der Waals surface area contributed by atoms with Crippen molar-refractivity contribution in [2.75, 3.05) is 6.54 Å². The third-order valence-electron chi connectivity index (χ3n) is 1.83. The fourth-order valence-corrected chi connectivity index (χ4v) is 0.999. The largest absolute Gasteiger partial charge is 0.481 e. The maximum absolute atomic E-state index is 11.1. The molecule has 0 aliphatic carbocycles. The van der Waals surface area contributed by atoms with Gasteiger partial charge in [-0.2, -0.15) is 0 Å². The molecule has 10 nitrogen and oxygen atoms in total. The zero-order chi connectivity index (χ0) is 14.3. The molecule has 0 spiro atoms. The molecule has 0 aliphatic heterocycles. The minimum Gasteiger partial charge on any atom is -0.481 e. The predicted octanol–water partition coefficient (Wildman–Crippen LogP) is -1.81. The third kappa shape index (κ3) is 6.27. The molecule has 109 valence electrons. The first-order valence-electron chi connectivity index (χ1n) is 4.48. The monoisotopic (exact) mass is 320 g/mol. The molecule has 11 heteroatoms. The van der Waals surface area contributed by atoms with Crippen LogP contribution in [0.25, 0.3) is 0 Å². The summed E-state index contributed by atoms with van der Waals surface area (Å²) in [5.74, 6) is -6.05. The summed E-state index contributed by atoms with van der Waals surface area (Å²) in [4.78, 5) is 46.6. The van der Waals surface area contributed by atoms with Crippen LogP contribution >= 0.6 is 0 Å². The number of ether oxygens (including phenoxy) is 1. The Morgan fingerprint density at radius 2 is 1.58 bits per heavy atom. The van der Waals surface area contributed by atoms with Crippen molar-refractivity contribution in [2.24, 2.45) is 5.73 Å². The van der Waals surface area contributed by atoms with Gasteiger partial charge in [-0.3, -0.25) is 19.6 Å². The van der Waals surface area contributed by atoms with E-state index in [0.29, 0.717) is 0 Å². The van der Waals surface area contributed by atoms with Crippen LogP contribution in [0, 0.1) is 0 Å². The van der Waals surface area contributed by atoms with Gasteiger partial charge in [0, 0.05) is 17.1 Å². The standard InChI is InChI=1S/C8H11NO9.Mn/c9-3-6(13)17-5(12)2-8(18-16,7(14)15)1-4(10)11;/h16H,1-3,9H2,(H,10,11)(H,14,15);. The van der Waals surface area contributed by atoms with Crippen molar-refractivity contribution < 1.29 is 61.3 Å². The second kappa shape index (κ2) is 8.56. The van der Waals surface area contributed by atoms with Gasteiger partial charge in [0.2, 0.25) is 5.60 Å². The van der Waals surface area contributed by atoms with E-state index in [1.165, 1.54) is 0 Å². The van der Waals surface area contributed by atoms with Crippen LogP contribution in [0.4, 0.5) is 0 Å². The summed E-state index contributed by atoms with van der Waals surface area (Å²) in [6.45, 7) is -0.620. The first-order chi connectivity index (χ1) is 8.27. The van der Waals surface area contributed by atoms with E-state index >= 15 is 0 Å². The Balaban J connectivity index is 0. The topological polar surface area (TPSA) is 173 Å². The Kier molecular flexibility index (Phi) is 8.92. The molecule has 0 aromatic rings. The SMILES string of the molecule is NCC(=O)OC(=O)CC(CC(=O)O)(OO)C(=O)O.[Mn]. The molecule has 19 heavy (non-hydrogen) atoms. The maximum Gasteiger partial charge on any atom is 0.340 e. The van der Waals surface area contributed by atoms with Gasteiger partial charge in [-0.15, -0.1) is 0 Å². The molecule has 0 bridgehead atoms. The van der Waals surface area contributed by atoms with Crippen molar-refractivity contribution >= 4 is 23.9 Å². The molecule has 5 N–H and O–H groups in total. The molecule has 0 rings (SSSR count). The number of esters is 2. The van der Waals surface area contributed by atoms with Gasteiger partial charge in [0.1, 0.15) is 0 Å². The summed E-state index contributed by atoms with van der Waals surface area (Å²) in [7, 11) is 0. The molecule has 1 unspecified atom stereocenters. The molecule has 0 saturated carbocycles. The van der Waals surface area contributed by atoms with Crippen LogP contribution in [0.2, 0.25) is 0 Å². The molecule has 0 saturated heterocycles. The van der Waals surface area contributed by atoms with Crippen LogP contribution in [-0.4, -0.2) is 51.5 Å². The van der Waals surface area contributed by atoms with Crippen molar-refractivity contribution in [1.82, 2.24) is 0 Å². The van der Waals surface area contributed by atoms with Crippen LogP contribution in [-0.2, 0) is 45.9 Å². The van der Waals surface area contributed by atoms with Crippen LogP contribution in [0.15, 0.2) is 0 Å². The van der Waals surface area contributed by atoms with Gasteiger partial charge in [-0.1, -0.05) is 0 Å². The van der Waals surface area contributed by atoms with E-state index in [-0.39, 0.29) is 17.1 Å². The second-order valence-corrected chi connectivity index (χ2v) is 3.19. The van der Waals surface area contributed by atoms with Gasteiger partial charge in [0.25, 0.3) is 0 Å². The fraction of sp³-hybridized carbons (Fsp3) is 0.500. The number of hydrogen-bond acceptors (Lipinski definition) is 8. The van der Waals surface area contributed by atoms with Gasteiger partial charge in [-0.25, -0.2) is 9.68 Å². The van der Waals surface area contributed by atoms with E-state index in [9.17, 15) is 19.2 Å². The number of carbonyl (C=O) groups is 4. The van der Waals surface area contributed by atoms with Gasteiger partial charge >= 0.3 is 23.9 Å². The Labute approximate surface area is 116 Å². The first kappa shape index (κ1) is 19.8. The molecule has 1 radical (unpaired) electrons. The molecule has 0 aromatic heterocycles. The summed E-state index contributed by atoms with van der Waals surface area (Å²) < 4.78 is 4.04. The minimum atomic E-state index is -2.72. The van der Waals surface area contributed by atoms with E-state index in [1.54, 1.807) is 0 Å². The molecule has 0 aliphatic rings. The van der Waals surface area contributed by atoms with Gasteiger partial charge in [-0.05, 0) is 0 Å². The van der Waals surface area contributed by atoms with Gasteiger partial charge in [0.15, 0.2) is 0 Å². The number of aliphatic carboxylic acids is 2. The van der Waals surface area contributed by atoms with E-state index < -0.39 is 48.9 Å². The summed E-state index contributed by atoms with van der Waals surface area (Å²) >= 11 is 0. The van der Waals surface area contributed by atoms with E-state index in [2.05, 4.69) is 9.62 Å².